The maximum atomic E-state index is 13.0. The second-order valence-electron chi connectivity index (χ2n) is 3.62. The number of thiophene rings is 1. The molecule has 16 heavy (non-hydrogen) atoms. The van der Waals surface area contributed by atoms with Crippen LogP contribution >= 0.6 is 11.3 Å². The van der Waals surface area contributed by atoms with E-state index < -0.39 is 0 Å². The molecule has 0 spiro atoms. The number of hydrogen-bond donors (Lipinski definition) is 2. The lowest BCUT2D eigenvalue weighted by atomic mass is 10.0. The fourth-order valence-electron chi connectivity index (χ4n) is 1.74. The SMILES string of the molecule is Cc1cc(F)ccc1C(NN)c1cccs1. The Morgan fingerprint density at radius 2 is 2.19 bits per heavy atom. The molecule has 0 saturated carbocycles. The van der Waals surface area contributed by atoms with Gasteiger partial charge in [0.2, 0.25) is 0 Å². The molecule has 0 bridgehead atoms. The molecule has 84 valence electrons. The van der Waals surface area contributed by atoms with Crippen molar-refractivity contribution in [2.24, 2.45) is 5.84 Å². The number of halogens is 1. The standard InChI is InChI=1S/C12H13FN2S/c1-8-7-9(13)4-5-10(8)12(15-14)11-3-2-6-16-11/h2-7,12,15H,14H2,1H3. The summed E-state index contributed by atoms with van der Waals surface area (Å²) in [6.45, 7) is 1.89. The smallest absolute Gasteiger partial charge is 0.123 e. The van der Waals surface area contributed by atoms with Gasteiger partial charge in [-0.1, -0.05) is 12.1 Å². The van der Waals surface area contributed by atoms with Crippen molar-refractivity contribution >= 4 is 11.3 Å². The van der Waals surface area contributed by atoms with Crippen LogP contribution in [0.3, 0.4) is 0 Å². The fourth-order valence-corrected chi connectivity index (χ4v) is 2.55. The fraction of sp³-hybridized carbons (Fsp3) is 0.167. The van der Waals surface area contributed by atoms with Crippen LogP contribution in [0.15, 0.2) is 35.7 Å². The maximum Gasteiger partial charge on any atom is 0.123 e. The number of nitrogens with two attached hydrogens (primary N) is 1. The van der Waals surface area contributed by atoms with E-state index in [0.717, 1.165) is 16.0 Å². The Hall–Kier alpha value is -1.23. The van der Waals surface area contributed by atoms with Gasteiger partial charge in [0.05, 0.1) is 6.04 Å². The highest BCUT2D eigenvalue weighted by Gasteiger charge is 2.15. The number of hydrazine groups is 1. The van der Waals surface area contributed by atoms with Crippen LogP contribution < -0.4 is 11.3 Å². The first-order valence-corrected chi connectivity index (χ1v) is 5.86. The molecule has 2 rings (SSSR count). The summed E-state index contributed by atoms with van der Waals surface area (Å²) in [7, 11) is 0. The highest BCUT2D eigenvalue weighted by atomic mass is 32.1. The summed E-state index contributed by atoms with van der Waals surface area (Å²) in [5.74, 6) is 5.35. The van der Waals surface area contributed by atoms with E-state index in [9.17, 15) is 4.39 Å². The number of hydrogen-bond acceptors (Lipinski definition) is 3. The number of aryl methyl sites for hydroxylation is 1. The minimum Gasteiger partial charge on any atom is -0.271 e. The van der Waals surface area contributed by atoms with Crippen LogP contribution in [0.1, 0.15) is 22.0 Å². The molecule has 1 unspecified atom stereocenters. The van der Waals surface area contributed by atoms with Crippen molar-refractivity contribution in [1.82, 2.24) is 5.43 Å². The highest BCUT2D eigenvalue weighted by Crippen LogP contribution is 2.27. The van der Waals surface area contributed by atoms with E-state index in [-0.39, 0.29) is 11.9 Å². The zero-order valence-electron chi connectivity index (χ0n) is 8.91. The van der Waals surface area contributed by atoms with E-state index in [1.54, 1.807) is 17.4 Å². The molecule has 0 aliphatic rings. The van der Waals surface area contributed by atoms with Crippen molar-refractivity contribution in [2.45, 2.75) is 13.0 Å². The third-order valence-corrected chi connectivity index (χ3v) is 3.47. The topological polar surface area (TPSA) is 38.0 Å². The summed E-state index contributed by atoms with van der Waals surface area (Å²) in [5.41, 5.74) is 4.67. The second-order valence-corrected chi connectivity index (χ2v) is 4.60. The van der Waals surface area contributed by atoms with E-state index in [4.69, 9.17) is 5.84 Å². The van der Waals surface area contributed by atoms with Crippen molar-refractivity contribution in [3.8, 4) is 0 Å². The van der Waals surface area contributed by atoms with Crippen LogP contribution in [-0.4, -0.2) is 0 Å². The minimum absolute atomic E-state index is 0.0689. The predicted octanol–water partition coefficient (Wildman–Crippen LogP) is 2.75. The van der Waals surface area contributed by atoms with E-state index >= 15 is 0 Å². The third kappa shape index (κ3) is 2.14. The number of benzene rings is 1. The van der Waals surface area contributed by atoms with Crippen molar-refractivity contribution in [3.63, 3.8) is 0 Å². The first-order valence-electron chi connectivity index (χ1n) is 4.98. The molecule has 3 N–H and O–H groups in total. The van der Waals surface area contributed by atoms with Gasteiger partial charge in [-0.2, -0.15) is 0 Å². The molecule has 0 fully saturated rings. The molecule has 0 radical (unpaired) electrons. The van der Waals surface area contributed by atoms with Crippen LogP contribution in [0.25, 0.3) is 0 Å². The summed E-state index contributed by atoms with van der Waals surface area (Å²) in [6, 6.07) is 8.67. The van der Waals surface area contributed by atoms with Gasteiger partial charge < -0.3 is 0 Å². The van der Waals surface area contributed by atoms with Crippen LogP contribution in [-0.2, 0) is 0 Å². The van der Waals surface area contributed by atoms with Gasteiger partial charge in [-0.15, -0.1) is 11.3 Å². The molecule has 2 nitrogen and oxygen atoms in total. The number of nitrogens with one attached hydrogen (secondary N) is 1. The second kappa shape index (κ2) is 4.74. The Morgan fingerprint density at radius 1 is 1.38 bits per heavy atom. The van der Waals surface area contributed by atoms with Crippen LogP contribution in [0, 0.1) is 12.7 Å². The van der Waals surface area contributed by atoms with E-state index in [0.29, 0.717) is 0 Å². The molecule has 4 heteroatoms. The van der Waals surface area contributed by atoms with Gasteiger partial charge in [0.1, 0.15) is 5.82 Å². The monoisotopic (exact) mass is 236 g/mol. The van der Waals surface area contributed by atoms with E-state index in [2.05, 4.69) is 5.43 Å². The molecule has 0 amide bonds. The summed E-state index contributed by atoms with van der Waals surface area (Å²) in [4.78, 5) is 1.12. The summed E-state index contributed by atoms with van der Waals surface area (Å²) >= 11 is 1.63. The van der Waals surface area contributed by atoms with E-state index in [1.165, 1.54) is 12.1 Å². The van der Waals surface area contributed by atoms with Gasteiger partial charge >= 0.3 is 0 Å². The summed E-state index contributed by atoms with van der Waals surface area (Å²) in [5, 5.41) is 2.00. The molecule has 1 heterocycles. The predicted molar refractivity (Wildman–Crippen MR) is 64.6 cm³/mol. The summed E-state index contributed by atoms with van der Waals surface area (Å²) < 4.78 is 13.0. The minimum atomic E-state index is -0.219. The first kappa shape index (κ1) is 11.3. The van der Waals surface area contributed by atoms with Gasteiger partial charge in [-0.3, -0.25) is 5.84 Å². The normalized spacial score (nSPS) is 12.7. The average molecular weight is 236 g/mol. The van der Waals surface area contributed by atoms with Crippen LogP contribution in [0.2, 0.25) is 0 Å². The van der Waals surface area contributed by atoms with E-state index in [1.807, 2.05) is 24.4 Å². The zero-order valence-corrected chi connectivity index (χ0v) is 9.72. The maximum absolute atomic E-state index is 13.0. The lowest BCUT2D eigenvalue weighted by molar-refractivity contribution is 0.615. The molecule has 0 aliphatic carbocycles. The van der Waals surface area contributed by atoms with Crippen LogP contribution in [0.5, 0.6) is 0 Å². The molecule has 2 aromatic rings. The van der Waals surface area contributed by atoms with Gasteiger partial charge in [-0.25, -0.2) is 9.82 Å². The third-order valence-electron chi connectivity index (χ3n) is 2.54. The highest BCUT2D eigenvalue weighted by molar-refractivity contribution is 7.10. The molecule has 1 aromatic carbocycles. The average Bonchev–Trinajstić information content (AvgIpc) is 2.75. The quantitative estimate of drug-likeness (QED) is 0.635. The van der Waals surface area contributed by atoms with Crippen molar-refractivity contribution in [1.29, 1.82) is 0 Å². The van der Waals surface area contributed by atoms with Crippen molar-refractivity contribution in [2.75, 3.05) is 0 Å². The van der Waals surface area contributed by atoms with Crippen molar-refractivity contribution in [3.05, 3.63) is 57.5 Å². The molecule has 0 saturated heterocycles. The van der Waals surface area contributed by atoms with Crippen LogP contribution in [0.4, 0.5) is 4.39 Å². The van der Waals surface area contributed by atoms with Crippen molar-refractivity contribution < 1.29 is 4.39 Å². The molecule has 1 aromatic heterocycles. The molecular weight excluding hydrogens is 223 g/mol. The Balaban J connectivity index is 2.41. The molecule has 0 aliphatic heterocycles. The Morgan fingerprint density at radius 3 is 2.75 bits per heavy atom. The first-order chi connectivity index (χ1) is 7.72. The Bertz CT molecular complexity index is 468. The Kier molecular flexibility index (Phi) is 3.33. The lowest BCUT2D eigenvalue weighted by Gasteiger charge is -2.17. The number of rotatable bonds is 3. The van der Waals surface area contributed by atoms with Gasteiger partial charge in [0.15, 0.2) is 0 Å². The summed E-state index contributed by atoms with van der Waals surface area (Å²) in [6.07, 6.45) is 0. The largest absolute Gasteiger partial charge is 0.271 e. The zero-order chi connectivity index (χ0) is 11.5. The molecular formula is C12H13FN2S. The van der Waals surface area contributed by atoms with Gasteiger partial charge in [-0.05, 0) is 41.6 Å². The van der Waals surface area contributed by atoms with Gasteiger partial charge in [0, 0.05) is 4.88 Å². The Labute approximate surface area is 97.9 Å². The van der Waals surface area contributed by atoms with Gasteiger partial charge in [0.25, 0.3) is 0 Å². The molecule has 1 atom stereocenters. The lowest BCUT2D eigenvalue weighted by Crippen LogP contribution is -2.28.